The monoisotopic (exact) mass is 391 g/mol. The summed E-state index contributed by atoms with van der Waals surface area (Å²) in [5.74, 6) is 1.41. The fraction of sp³-hybridized carbons (Fsp3) is 0.850. The van der Waals surface area contributed by atoms with Gasteiger partial charge in [-0.1, -0.05) is 13.8 Å². The molecule has 4 rings (SSSR count). The smallest absolute Gasteiger partial charge is 0.322 e. The maximum atomic E-state index is 12.2. The van der Waals surface area contributed by atoms with E-state index in [0.29, 0.717) is 18.1 Å². The minimum Gasteiger partial charge on any atom is -0.377 e. The number of hydrogen-bond donors (Lipinski definition) is 3. The molecule has 4 unspecified atom stereocenters. The molecule has 3 aliphatic heterocycles. The molecule has 0 aromatic rings. The molecule has 0 radical (unpaired) electrons. The number of imide groups is 1. The molecular formula is C20H33N5O3. The Morgan fingerprint density at radius 2 is 1.93 bits per heavy atom. The van der Waals surface area contributed by atoms with Crippen molar-refractivity contribution in [3.8, 4) is 0 Å². The van der Waals surface area contributed by atoms with Crippen molar-refractivity contribution in [2.24, 2.45) is 22.2 Å². The zero-order valence-electron chi connectivity index (χ0n) is 17.4. The van der Waals surface area contributed by atoms with Gasteiger partial charge in [-0.2, -0.15) is 0 Å². The predicted octanol–water partition coefficient (Wildman–Crippen LogP) is 1.08. The summed E-state index contributed by atoms with van der Waals surface area (Å²) in [7, 11) is 1.83. The van der Waals surface area contributed by atoms with E-state index >= 15 is 0 Å². The first kappa shape index (κ1) is 19.5. The number of aliphatic imine (C=N–C) groups is 1. The van der Waals surface area contributed by atoms with Crippen molar-refractivity contribution in [2.45, 2.75) is 64.1 Å². The van der Waals surface area contributed by atoms with Crippen LogP contribution in [-0.2, 0) is 9.53 Å². The van der Waals surface area contributed by atoms with Gasteiger partial charge in [0.1, 0.15) is 5.54 Å². The molecule has 4 atom stereocenters. The van der Waals surface area contributed by atoms with Crippen LogP contribution in [0.1, 0.15) is 46.5 Å². The topological polar surface area (TPSA) is 95.1 Å². The number of carbonyl (C=O) groups is 2. The highest BCUT2D eigenvalue weighted by atomic mass is 16.5. The molecule has 0 aromatic carbocycles. The normalized spacial score (nSPS) is 38.4. The molecule has 4 fully saturated rings. The second-order valence-corrected chi connectivity index (χ2v) is 9.46. The van der Waals surface area contributed by atoms with Crippen LogP contribution < -0.4 is 16.0 Å². The second kappa shape index (κ2) is 6.90. The SMILES string of the molecule is CN=C(NC1C2CCCOC2C1(C)C)N1CCC(C2(C)NC(=O)NC2=O)CC1. The molecule has 0 spiro atoms. The number of hydrogen-bond acceptors (Lipinski definition) is 4. The van der Waals surface area contributed by atoms with E-state index in [2.05, 4.69) is 39.7 Å². The van der Waals surface area contributed by atoms with E-state index in [0.717, 1.165) is 44.9 Å². The first-order chi connectivity index (χ1) is 13.3. The predicted molar refractivity (Wildman–Crippen MR) is 106 cm³/mol. The molecule has 3 heterocycles. The molecule has 156 valence electrons. The lowest BCUT2D eigenvalue weighted by molar-refractivity contribution is -0.188. The minimum atomic E-state index is -0.803. The Labute approximate surface area is 166 Å². The number of ether oxygens (including phenoxy) is 1. The van der Waals surface area contributed by atoms with Gasteiger partial charge in [-0.25, -0.2) is 4.79 Å². The maximum absolute atomic E-state index is 12.2. The lowest BCUT2D eigenvalue weighted by Crippen LogP contribution is -2.71. The number of guanidine groups is 1. The molecule has 0 bridgehead atoms. The summed E-state index contributed by atoms with van der Waals surface area (Å²) in [5, 5.41) is 8.92. The molecule has 3 amide bonds. The van der Waals surface area contributed by atoms with Crippen molar-refractivity contribution in [3.63, 3.8) is 0 Å². The van der Waals surface area contributed by atoms with E-state index in [1.165, 1.54) is 6.42 Å². The molecule has 3 N–H and O–H groups in total. The van der Waals surface area contributed by atoms with E-state index in [1.54, 1.807) is 0 Å². The fourth-order valence-electron chi connectivity index (χ4n) is 5.76. The van der Waals surface area contributed by atoms with Crippen molar-refractivity contribution in [1.29, 1.82) is 0 Å². The first-order valence-corrected chi connectivity index (χ1v) is 10.5. The Hall–Kier alpha value is -1.83. The van der Waals surface area contributed by atoms with Gasteiger partial charge in [0.05, 0.1) is 6.10 Å². The van der Waals surface area contributed by atoms with Crippen LogP contribution in [0.3, 0.4) is 0 Å². The molecule has 1 aliphatic carbocycles. The van der Waals surface area contributed by atoms with E-state index in [9.17, 15) is 9.59 Å². The quantitative estimate of drug-likeness (QED) is 0.372. The third kappa shape index (κ3) is 2.96. The summed E-state index contributed by atoms with van der Waals surface area (Å²) in [5.41, 5.74) is -0.707. The van der Waals surface area contributed by atoms with Gasteiger partial charge in [-0.3, -0.25) is 15.1 Å². The number of likely N-dealkylation sites (tertiary alicyclic amines) is 1. The van der Waals surface area contributed by atoms with Crippen LogP contribution in [-0.4, -0.2) is 67.2 Å². The van der Waals surface area contributed by atoms with Gasteiger partial charge in [-0.05, 0) is 38.5 Å². The van der Waals surface area contributed by atoms with E-state index in [1.807, 2.05) is 14.0 Å². The number of amides is 3. The molecule has 4 aliphatic rings. The Kier molecular flexibility index (Phi) is 4.80. The number of fused-ring (bicyclic) bond motifs is 1. The zero-order valence-corrected chi connectivity index (χ0v) is 17.4. The van der Waals surface area contributed by atoms with E-state index < -0.39 is 5.54 Å². The van der Waals surface area contributed by atoms with Gasteiger partial charge in [0, 0.05) is 44.1 Å². The minimum absolute atomic E-state index is 0.0963. The summed E-state index contributed by atoms with van der Waals surface area (Å²) >= 11 is 0. The Bertz CT molecular complexity index is 685. The molecule has 0 aromatic heterocycles. The third-order valence-corrected chi connectivity index (χ3v) is 7.51. The Morgan fingerprint density at radius 3 is 2.54 bits per heavy atom. The average molecular weight is 392 g/mol. The van der Waals surface area contributed by atoms with Crippen LogP contribution in [0.5, 0.6) is 0 Å². The number of carbonyl (C=O) groups excluding carboxylic acids is 2. The Morgan fingerprint density at radius 1 is 1.21 bits per heavy atom. The van der Waals surface area contributed by atoms with E-state index in [4.69, 9.17) is 4.74 Å². The fourth-order valence-corrected chi connectivity index (χ4v) is 5.76. The summed E-state index contributed by atoms with van der Waals surface area (Å²) in [6, 6.07) is -0.0180. The van der Waals surface area contributed by atoms with Crippen molar-refractivity contribution < 1.29 is 14.3 Å². The van der Waals surface area contributed by atoms with Gasteiger partial charge in [0.2, 0.25) is 0 Å². The van der Waals surface area contributed by atoms with Gasteiger partial charge >= 0.3 is 6.03 Å². The van der Waals surface area contributed by atoms with Crippen LogP contribution in [0.2, 0.25) is 0 Å². The largest absolute Gasteiger partial charge is 0.377 e. The molecule has 28 heavy (non-hydrogen) atoms. The highest BCUT2D eigenvalue weighted by Gasteiger charge is 2.58. The van der Waals surface area contributed by atoms with Crippen molar-refractivity contribution >= 4 is 17.9 Å². The van der Waals surface area contributed by atoms with E-state index in [-0.39, 0.29) is 23.3 Å². The van der Waals surface area contributed by atoms with Crippen molar-refractivity contribution in [1.82, 2.24) is 20.9 Å². The lowest BCUT2D eigenvalue weighted by Gasteiger charge is -2.60. The molecule has 3 saturated heterocycles. The summed E-state index contributed by atoms with van der Waals surface area (Å²) in [4.78, 5) is 30.6. The summed E-state index contributed by atoms with van der Waals surface area (Å²) in [6.07, 6.45) is 4.36. The molecular weight excluding hydrogens is 358 g/mol. The molecule has 8 nitrogen and oxygen atoms in total. The highest BCUT2D eigenvalue weighted by Crippen LogP contribution is 2.51. The maximum Gasteiger partial charge on any atom is 0.322 e. The van der Waals surface area contributed by atoms with Crippen LogP contribution in [0.15, 0.2) is 4.99 Å². The van der Waals surface area contributed by atoms with Gasteiger partial charge in [0.15, 0.2) is 5.96 Å². The Balaban J connectivity index is 1.37. The first-order valence-electron chi connectivity index (χ1n) is 10.5. The van der Waals surface area contributed by atoms with Crippen LogP contribution in [0.4, 0.5) is 4.79 Å². The highest BCUT2D eigenvalue weighted by molar-refractivity contribution is 6.07. The summed E-state index contributed by atoms with van der Waals surface area (Å²) < 4.78 is 6.02. The summed E-state index contributed by atoms with van der Waals surface area (Å²) in [6.45, 7) is 8.91. The number of rotatable bonds is 2. The van der Waals surface area contributed by atoms with Crippen LogP contribution >= 0.6 is 0 Å². The lowest BCUT2D eigenvalue weighted by atomic mass is 9.55. The van der Waals surface area contributed by atoms with Gasteiger partial charge < -0.3 is 20.3 Å². The average Bonchev–Trinajstić information content (AvgIpc) is 2.95. The number of piperidine rings is 1. The van der Waals surface area contributed by atoms with Crippen molar-refractivity contribution in [2.75, 3.05) is 26.7 Å². The van der Waals surface area contributed by atoms with Crippen molar-refractivity contribution in [3.05, 3.63) is 0 Å². The number of nitrogens with one attached hydrogen (secondary N) is 3. The zero-order chi connectivity index (χ0) is 20.1. The number of urea groups is 1. The van der Waals surface area contributed by atoms with Gasteiger partial charge in [0.25, 0.3) is 5.91 Å². The molecule has 8 heteroatoms. The van der Waals surface area contributed by atoms with Gasteiger partial charge in [-0.15, -0.1) is 0 Å². The number of nitrogens with zero attached hydrogens (tertiary/aromatic N) is 2. The van der Waals surface area contributed by atoms with Crippen LogP contribution in [0, 0.1) is 17.3 Å². The van der Waals surface area contributed by atoms with Crippen LogP contribution in [0.25, 0.3) is 0 Å². The second-order valence-electron chi connectivity index (χ2n) is 9.46. The standard InChI is InChI=1S/C20H33N5O3/c1-19(2)14(13-6-5-11-28-15(13)19)22-17(21-4)25-9-7-12(8-10-25)20(3)16(26)23-18(27)24-20/h12-15H,5-11H2,1-4H3,(H,21,22)(H2,23,24,26,27). The molecule has 1 saturated carbocycles. The third-order valence-electron chi connectivity index (χ3n) is 7.51.